The van der Waals surface area contributed by atoms with Crippen molar-refractivity contribution >= 4 is 11.6 Å². The van der Waals surface area contributed by atoms with Crippen LogP contribution in [0.2, 0.25) is 0 Å². The van der Waals surface area contributed by atoms with Gasteiger partial charge in [0.05, 0.1) is 0 Å². The molecule has 0 aliphatic carbocycles. The van der Waals surface area contributed by atoms with Gasteiger partial charge >= 0.3 is 0 Å². The van der Waals surface area contributed by atoms with Crippen LogP contribution >= 0.6 is 0 Å². The van der Waals surface area contributed by atoms with Crippen molar-refractivity contribution in [2.24, 2.45) is 5.84 Å². The monoisotopic (exact) mass is 223 g/mol. The van der Waals surface area contributed by atoms with Crippen molar-refractivity contribution in [2.45, 2.75) is 20.1 Å². The lowest BCUT2D eigenvalue weighted by Gasteiger charge is -2.18. The third-order valence-corrected chi connectivity index (χ3v) is 2.51. The second-order valence-electron chi connectivity index (χ2n) is 3.52. The highest BCUT2D eigenvalue weighted by atomic mass is 16.5. The van der Waals surface area contributed by atoms with Crippen molar-refractivity contribution in [1.29, 1.82) is 0 Å². The molecule has 5 heteroatoms. The number of benzene rings is 1. The summed E-state index contributed by atoms with van der Waals surface area (Å²) in [6, 6.07) is 5.81. The van der Waals surface area contributed by atoms with Crippen molar-refractivity contribution in [2.75, 3.05) is 12.4 Å². The van der Waals surface area contributed by atoms with Gasteiger partial charge in [0, 0.05) is 12.8 Å². The van der Waals surface area contributed by atoms with Gasteiger partial charge in [-0.15, -0.1) is 0 Å². The van der Waals surface area contributed by atoms with Crippen LogP contribution in [0.5, 0.6) is 0 Å². The Balaban J connectivity index is 2.86. The molecule has 0 saturated heterocycles. The van der Waals surface area contributed by atoms with E-state index in [4.69, 9.17) is 10.6 Å². The van der Waals surface area contributed by atoms with Gasteiger partial charge in [-0.25, -0.2) is 5.84 Å². The van der Waals surface area contributed by atoms with E-state index in [2.05, 4.69) is 5.32 Å². The van der Waals surface area contributed by atoms with Gasteiger partial charge in [-0.05, 0) is 31.0 Å². The molecule has 88 valence electrons. The van der Waals surface area contributed by atoms with Gasteiger partial charge in [0.1, 0.15) is 0 Å². The number of anilines is 1. The van der Waals surface area contributed by atoms with Crippen LogP contribution in [-0.2, 0) is 9.53 Å². The standard InChI is InChI=1S/C11H17N3O2/c1-7-5-4-6-9(8(7)2)13-11(16-3)10(15)14-12/h4-6,11,13H,12H2,1-3H3,(H,14,15). The van der Waals surface area contributed by atoms with Gasteiger partial charge in [-0.3, -0.25) is 10.2 Å². The van der Waals surface area contributed by atoms with Crippen LogP contribution in [0.4, 0.5) is 5.69 Å². The number of rotatable bonds is 4. The summed E-state index contributed by atoms with van der Waals surface area (Å²) in [6.45, 7) is 3.98. The largest absolute Gasteiger partial charge is 0.353 e. The normalized spacial score (nSPS) is 12.0. The Labute approximate surface area is 94.9 Å². The average Bonchev–Trinajstić information content (AvgIpc) is 2.30. The van der Waals surface area contributed by atoms with Gasteiger partial charge in [0.15, 0.2) is 0 Å². The zero-order chi connectivity index (χ0) is 12.1. The maximum absolute atomic E-state index is 11.3. The van der Waals surface area contributed by atoms with E-state index in [-0.39, 0.29) is 0 Å². The smallest absolute Gasteiger partial charge is 0.283 e. The fraction of sp³-hybridized carbons (Fsp3) is 0.364. The summed E-state index contributed by atoms with van der Waals surface area (Å²) in [4.78, 5) is 11.3. The summed E-state index contributed by atoms with van der Waals surface area (Å²) in [7, 11) is 1.44. The van der Waals surface area contributed by atoms with Crippen LogP contribution in [0.25, 0.3) is 0 Å². The molecule has 0 heterocycles. The molecular formula is C11H17N3O2. The summed E-state index contributed by atoms with van der Waals surface area (Å²) < 4.78 is 5.00. The van der Waals surface area contributed by atoms with E-state index in [0.717, 1.165) is 16.8 Å². The predicted octanol–water partition coefficient (Wildman–Crippen LogP) is 0.678. The second kappa shape index (κ2) is 5.48. The molecule has 1 atom stereocenters. The number of nitrogens with one attached hydrogen (secondary N) is 2. The minimum absolute atomic E-state index is 0.414. The zero-order valence-corrected chi connectivity index (χ0v) is 9.70. The quantitative estimate of drug-likeness (QED) is 0.303. The number of hydrogen-bond donors (Lipinski definition) is 3. The topological polar surface area (TPSA) is 76.4 Å². The summed E-state index contributed by atoms with van der Waals surface area (Å²) in [5.41, 5.74) is 5.13. The molecule has 1 aromatic carbocycles. The van der Waals surface area contributed by atoms with E-state index in [1.807, 2.05) is 37.5 Å². The summed E-state index contributed by atoms with van der Waals surface area (Å²) in [6.07, 6.45) is -0.787. The molecule has 1 unspecified atom stereocenters. The summed E-state index contributed by atoms with van der Waals surface area (Å²) in [5.74, 6) is 4.64. The Kier molecular flexibility index (Phi) is 4.28. The van der Waals surface area contributed by atoms with Crippen LogP contribution in [0.15, 0.2) is 18.2 Å². The first kappa shape index (κ1) is 12.5. The Morgan fingerprint density at radius 3 is 2.69 bits per heavy atom. The number of amides is 1. The molecule has 0 radical (unpaired) electrons. The number of aryl methyl sites for hydroxylation is 1. The van der Waals surface area contributed by atoms with Crippen LogP contribution in [0.3, 0.4) is 0 Å². The first-order chi connectivity index (χ1) is 7.60. The van der Waals surface area contributed by atoms with E-state index in [0.29, 0.717) is 0 Å². The van der Waals surface area contributed by atoms with Crippen molar-refractivity contribution in [1.82, 2.24) is 5.43 Å². The van der Waals surface area contributed by atoms with Gasteiger partial charge in [0.25, 0.3) is 5.91 Å². The Morgan fingerprint density at radius 1 is 1.44 bits per heavy atom. The van der Waals surface area contributed by atoms with Crippen LogP contribution in [-0.4, -0.2) is 19.2 Å². The molecule has 0 aliphatic heterocycles. The van der Waals surface area contributed by atoms with Crippen molar-refractivity contribution in [3.63, 3.8) is 0 Å². The van der Waals surface area contributed by atoms with E-state index >= 15 is 0 Å². The number of carbonyl (C=O) groups is 1. The Morgan fingerprint density at radius 2 is 2.12 bits per heavy atom. The molecule has 1 aromatic rings. The minimum Gasteiger partial charge on any atom is -0.353 e. The fourth-order valence-electron chi connectivity index (χ4n) is 1.36. The molecule has 0 bridgehead atoms. The number of nitrogens with two attached hydrogens (primary N) is 1. The van der Waals surface area contributed by atoms with Crippen LogP contribution in [0, 0.1) is 13.8 Å². The molecule has 5 nitrogen and oxygen atoms in total. The molecule has 0 aliphatic rings. The molecule has 0 fully saturated rings. The Bertz CT molecular complexity index is 379. The highest BCUT2D eigenvalue weighted by Gasteiger charge is 2.16. The number of methoxy groups -OCH3 is 1. The molecule has 0 saturated carbocycles. The van der Waals surface area contributed by atoms with Crippen LogP contribution in [0.1, 0.15) is 11.1 Å². The molecule has 0 aromatic heterocycles. The molecular weight excluding hydrogens is 206 g/mol. The molecule has 0 spiro atoms. The van der Waals surface area contributed by atoms with E-state index < -0.39 is 12.1 Å². The van der Waals surface area contributed by atoms with Crippen molar-refractivity contribution in [3.8, 4) is 0 Å². The highest BCUT2D eigenvalue weighted by Crippen LogP contribution is 2.18. The lowest BCUT2D eigenvalue weighted by Crippen LogP contribution is -2.44. The maximum Gasteiger partial charge on any atom is 0.283 e. The van der Waals surface area contributed by atoms with E-state index in [9.17, 15) is 4.79 Å². The van der Waals surface area contributed by atoms with Crippen molar-refractivity contribution < 1.29 is 9.53 Å². The third kappa shape index (κ3) is 2.71. The first-order valence-electron chi connectivity index (χ1n) is 4.96. The van der Waals surface area contributed by atoms with E-state index in [1.165, 1.54) is 7.11 Å². The summed E-state index contributed by atoms with van der Waals surface area (Å²) >= 11 is 0. The SMILES string of the molecule is COC(Nc1cccc(C)c1C)C(=O)NN. The lowest BCUT2D eigenvalue weighted by molar-refractivity contribution is -0.129. The van der Waals surface area contributed by atoms with Gasteiger partial charge in [0.2, 0.25) is 6.23 Å². The van der Waals surface area contributed by atoms with Gasteiger partial charge in [-0.2, -0.15) is 0 Å². The Hall–Kier alpha value is -1.59. The first-order valence-corrected chi connectivity index (χ1v) is 4.96. The highest BCUT2D eigenvalue weighted by molar-refractivity contribution is 5.82. The predicted molar refractivity (Wildman–Crippen MR) is 62.7 cm³/mol. The van der Waals surface area contributed by atoms with Crippen molar-refractivity contribution in [3.05, 3.63) is 29.3 Å². The van der Waals surface area contributed by atoms with Crippen LogP contribution < -0.4 is 16.6 Å². The fourth-order valence-corrected chi connectivity index (χ4v) is 1.36. The number of carbonyl (C=O) groups excluding carboxylic acids is 1. The number of ether oxygens (including phenoxy) is 1. The van der Waals surface area contributed by atoms with Gasteiger partial charge in [-0.1, -0.05) is 12.1 Å². The zero-order valence-electron chi connectivity index (χ0n) is 9.70. The molecule has 16 heavy (non-hydrogen) atoms. The third-order valence-electron chi connectivity index (χ3n) is 2.51. The molecule has 4 N–H and O–H groups in total. The number of hydrazine groups is 1. The van der Waals surface area contributed by atoms with Gasteiger partial charge < -0.3 is 10.1 Å². The minimum atomic E-state index is -0.787. The maximum atomic E-state index is 11.3. The number of hydrogen-bond acceptors (Lipinski definition) is 4. The van der Waals surface area contributed by atoms with E-state index in [1.54, 1.807) is 0 Å². The average molecular weight is 223 g/mol. The molecule has 1 amide bonds. The lowest BCUT2D eigenvalue weighted by atomic mass is 10.1. The second-order valence-corrected chi connectivity index (χ2v) is 3.52. The molecule has 1 rings (SSSR count). The summed E-state index contributed by atoms with van der Waals surface area (Å²) in [5, 5.41) is 2.97.